The summed E-state index contributed by atoms with van der Waals surface area (Å²) in [6.45, 7) is 2.56. The molecule has 0 unspecified atom stereocenters. The Morgan fingerprint density at radius 3 is 2.80 bits per heavy atom. The highest BCUT2D eigenvalue weighted by molar-refractivity contribution is 5.42. The van der Waals surface area contributed by atoms with Gasteiger partial charge in [0.05, 0.1) is 11.5 Å². The minimum Gasteiger partial charge on any atom is -0.493 e. The maximum absolute atomic E-state index is 10.5. The summed E-state index contributed by atoms with van der Waals surface area (Å²) in [6, 6.07) is 4.70. The molecule has 80 valence electrons. The number of hydrogen-bond donors (Lipinski definition) is 0. The molecule has 15 heavy (non-hydrogen) atoms. The van der Waals surface area contributed by atoms with Crippen LogP contribution in [0, 0.1) is 23.0 Å². The van der Waals surface area contributed by atoms with E-state index in [1.807, 2.05) is 6.92 Å². The largest absolute Gasteiger partial charge is 0.493 e. The number of benzene rings is 1. The highest BCUT2D eigenvalue weighted by Gasteiger charge is 2.22. The number of nitro benzene ring substituents is 1. The van der Waals surface area contributed by atoms with Crippen LogP contribution in [-0.2, 0) is 0 Å². The Morgan fingerprint density at radius 2 is 2.27 bits per heavy atom. The second-order valence-electron chi connectivity index (χ2n) is 3.96. The standard InChI is InChI=1S/C11H13NO3/c1-8-6-10(12(13)14)4-5-11(8)15-7-9-2-3-9/h4-6,9H,2-3,7H2,1H3. The first kappa shape index (κ1) is 9.96. The van der Waals surface area contributed by atoms with E-state index >= 15 is 0 Å². The van der Waals surface area contributed by atoms with Crippen LogP contribution in [0.3, 0.4) is 0 Å². The minimum atomic E-state index is -0.391. The van der Waals surface area contributed by atoms with Crippen LogP contribution >= 0.6 is 0 Å². The number of rotatable bonds is 4. The van der Waals surface area contributed by atoms with E-state index in [-0.39, 0.29) is 5.69 Å². The molecule has 1 aromatic carbocycles. The lowest BCUT2D eigenvalue weighted by Gasteiger charge is -2.07. The van der Waals surface area contributed by atoms with Gasteiger partial charge >= 0.3 is 0 Å². The highest BCUT2D eigenvalue weighted by Crippen LogP contribution is 2.31. The third-order valence-corrected chi connectivity index (χ3v) is 2.54. The normalized spacial score (nSPS) is 15.0. The summed E-state index contributed by atoms with van der Waals surface area (Å²) in [5, 5.41) is 10.5. The van der Waals surface area contributed by atoms with Crippen molar-refractivity contribution in [1.29, 1.82) is 0 Å². The average molecular weight is 207 g/mol. The number of ether oxygens (including phenoxy) is 1. The van der Waals surface area contributed by atoms with E-state index in [0.29, 0.717) is 5.92 Å². The topological polar surface area (TPSA) is 52.4 Å². The second kappa shape index (κ2) is 3.88. The number of non-ortho nitro benzene ring substituents is 1. The second-order valence-corrected chi connectivity index (χ2v) is 3.96. The number of hydrogen-bond acceptors (Lipinski definition) is 3. The molecule has 1 aliphatic carbocycles. The molecule has 1 saturated carbocycles. The molecule has 4 heteroatoms. The zero-order valence-electron chi connectivity index (χ0n) is 8.60. The van der Waals surface area contributed by atoms with Crippen molar-refractivity contribution in [3.63, 3.8) is 0 Å². The van der Waals surface area contributed by atoms with Crippen molar-refractivity contribution in [2.24, 2.45) is 5.92 Å². The summed E-state index contributed by atoms with van der Waals surface area (Å²) in [7, 11) is 0. The lowest BCUT2D eigenvalue weighted by Crippen LogP contribution is -2.00. The molecule has 0 radical (unpaired) electrons. The first-order valence-corrected chi connectivity index (χ1v) is 5.04. The SMILES string of the molecule is Cc1cc([N+](=O)[O-])ccc1OCC1CC1. The van der Waals surface area contributed by atoms with Crippen molar-refractivity contribution in [3.05, 3.63) is 33.9 Å². The highest BCUT2D eigenvalue weighted by atomic mass is 16.6. The molecule has 1 aromatic rings. The fraction of sp³-hybridized carbons (Fsp3) is 0.455. The van der Waals surface area contributed by atoms with Crippen molar-refractivity contribution in [2.45, 2.75) is 19.8 Å². The quantitative estimate of drug-likeness (QED) is 0.563. The molecule has 0 atom stereocenters. The first-order valence-electron chi connectivity index (χ1n) is 5.04. The number of nitro groups is 1. The molecule has 0 aliphatic heterocycles. The summed E-state index contributed by atoms with van der Waals surface area (Å²) < 4.78 is 5.57. The minimum absolute atomic E-state index is 0.117. The fourth-order valence-corrected chi connectivity index (χ4v) is 1.40. The van der Waals surface area contributed by atoms with E-state index in [1.54, 1.807) is 12.1 Å². The third kappa shape index (κ3) is 2.46. The van der Waals surface area contributed by atoms with Crippen LogP contribution in [0.4, 0.5) is 5.69 Å². The van der Waals surface area contributed by atoms with E-state index in [4.69, 9.17) is 4.74 Å². The van der Waals surface area contributed by atoms with Gasteiger partial charge in [-0.2, -0.15) is 0 Å². The zero-order chi connectivity index (χ0) is 10.8. The molecule has 0 saturated heterocycles. The van der Waals surface area contributed by atoms with E-state index in [0.717, 1.165) is 17.9 Å². The molecule has 0 amide bonds. The zero-order valence-corrected chi connectivity index (χ0v) is 8.60. The van der Waals surface area contributed by atoms with Gasteiger partial charge in [-0.15, -0.1) is 0 Å². The predicted molar refractivity (Wildman–Crippen MR) is 56.1 cm³/mol. The molecule has 0 N–H and O–H groups in total. The summed E-state index contributed by atoms with van der Waals surface area (Å²) in [5.41, 5.74) is 0.941. The van der Waals surface area contributed by atoms with Gasteiger partial charge < -0.3 is 4.74 Å². The molecule has 2 rings (SSSR count). The van der Waals surface area contributed by atoms with Crippen molar-refractivity contribution in [2.75, 3.05) is 6.61 Å². The van der Waals surface area contributed by atoms with Crippen LogP contribution in [0.5, 0.6) is 5.75 Å². The number of nitrogens with zero attached hydrogens (tertiary/aromatic N) is 1. The van der Waals surface area contributed by atoms with Crippen molar-refractivity contribution >= 4 is 5.69 Å². The Bertz CT molecular complexity index is 385. The number of aryl methyl sites for hydroxylation is 1. The van der Waals surface area contributed by atoms with Crippen LogP contribution in [0.2, 0.25) is 0 Å². The Kier molecular flexibility index (Phi) is 2.58. The molecular weight excluding hydrogens is 194 g/mol. The molecule has 1 aliphatic rings. The summed E-state index contributed by atoms with van der Waals surface area (Å²) in [5.74, 6) is 1.45. The van der Waals surface area contributed by atoms with Crippen molar-refractivity contribution < 1.29 is 9.66 Å². The van der Waals surface area contributed by atoms with Crippen LogP contribution in [0.25, 0.3) is 0 Å². The van der Waals surface area contributed by atoms with Gasteiger partial charge in [-0.3, -0.25) is 10.1 Å². The van der Waals surface area contributed by atoms with Gasteiger partial charge in [-0.1, -0.05) is 0 Å². The Balaban J connectivity index is 2.07. The Labute approximate surface area is 88.0 Å². The summed E-state index contributed by atoms with van der Waals surface area (Å²) in [6.07, 6.45) is 2.48. The van der Waals surface area contributed by atoms with E-state index in [1.165, 1.54) is 18.9 Å². The monoisotopic (exact) mass is 207 g/mol. The van der Waals surface area contributed by atoms with Crippen LogP contribution < -0.4 is 4.74 Å². The molecule has 0 bridgehead atoms. The molecule has 0 spiro atoms. The van der Waals surface area contributed by atoms with Crippen molar-refractivity contribution in [1.82, 2.24) is 0 Å². The van der Waals surface area contributed by atoms with Crippen molar-refractivity contribution in [3.8, 4) is 5.75 Å². The average Bonchev–Trinajstić information content (AvgIpc) is 2.99. The van der Waals surface area contributed by atoms with E-state index in [9.17, 15) is 10.1 Å². The van der Waals surface area contributed by atoms with E-state index in [2.05, 4.69) is 0 Å². The van der Waals surface area contributed by atoms with Gasteiger partial charge in [0.2, 0.25) is 0 Å². The fourth-order valence-electron chi connectivity index (χ4n) is 1.40. The Hall–Kier alpha value is -1.58. The van der Waals surface area contributed by atoms with Crippen LogP contribution in [-0.4, -0.2) is 11.5 Å². The van der Waals surface area contributed by atoms with Gasteiger partial charge in [0.1, 0.15) is 5.75 Å². The third-order valence-electron chi connectivity index (χ3n) is 2.54. The van der Waals surface area contributed by atoms with Gasteiger partial charge in [-0.05, 0) is 37.3 Å². The molecule has 0 heterocycles. The van der Waals surface area contributed by atoms with Crippen LogP contribution in [0.15, 0.2) is 18.2 Å². The molecular formula is C11H13NO3. The lowest BCUT2D eigenvalue weighted by atomic mass is 10.2. The van der Waals surface area contributed by atoms with Crippen LogP contribution in [0.1, 0.15) is 18.4 Å². The van der Waals surface area contributed by atoms with Gasteiger partial charge in [0.25, 0.3) is 5.69 Å². The smallest absolute Gasteiger partial charge is 0.269 e. The Morgan fingerprint density at radius 1 is 1.53 bits per heavy atom. The first-order chi connectivity index (χ1) is 7.16. The summed E-state index contributed by atoms with van der Waals surface area (Å²) in [4.78, 5) is 10.1. The maximum atomic E-state index is 10.5. The van der Waals surface area contributed by atoms with Gasteiger partial charge in [0, 0.05) is 12.1 Å². The van der Waals surface area contributed by atoms with Gasteiger partial charge in [-0.25, -0.2) is 0 Å². The molecule has 1 fully saturated rings. The maximum Gasteiger partial charge on any atom is 0.269 e. The summed E-state index contributed by atoms with van der Waals surface area (Å²) >= 11 is 0. The van der Waals surface area contributed by atoms with E-state index < -0.39 is 4.92 Å². The predicted octanol–water partition coefficient (Wildman–Crippen LogP) is 2.69. The molecule has 4 nitrogen and oxygen atoms in total. The molecule has 0 aromatic heterocycles. The van der Waals surface area contributed by atoms with Gasteiger partial charge in [0.15, 0.2) is 0 Å². The lowest BCUT2D eigenvalue weighted by molar-refractivity contribution is -0.384.